The number of fused-ring (bicyclic) bond motifs is 7. The molecular formula is C30H47O3Rb. The van der Waals surface area contributed by atoms with Crippen LogP contribution in [0.2, 0.25) is 0 Å². The summed E-state index contributed by atoms with van der Waals surface area (Å²) in [6, 6.07) is 0. The van der Waals surface area contributed by atoms with Gasteiger partial charge >= 0.3 is 58.2 Å². The minimum absolute atomic E-state index is 0. The zero-order valence-electron chi connectivity index (χ0n) is 23.2. The van der Waals surface area contributed by atoms with Gasteiger partial charge in [-0.3, -0.25) is 0 Å². The molecule has 0 radical (unpaired) electrons. The van der Waals surface area contributed by atoms with Crippen molar-refractivity contribution in [3.8, 4) is 0 Å². The molecule has 0 aromatic heterocycles. The molecule has 5 rings (SSSR count). The summed E-state index contributed by atoms with van der Waals surface area (Å²) in [5.41, 5.74) is 1.24. The van der Waals surface area contributed by atoms with Gasteiger partial charge in [-0.05, 0) is 109 Å². The first-order valence-corrected chi connectivity index (χ1v) is 13.9. The van der Waals surface area contributed by atoms with E-state index in [2.05, 4.69) is 54.5 Å². The molecule has 0 amide bonds. The first-order chi connectivity index (χ1) is 15.3. The van der Waals surface area contributed by atoms with Crippen molar-refractivity contribution in [2.75, 3.05) is 0 Å². The fraction of sp³-hybridized carbons (Fsp3) is 0.900. The van der Waals surface area contributed by atoms with Crippen molar-refractivity contribution in [3.05, 3.63) is 11.6 Å². The van der Waals surface area contributed by atoms with E-state index in [0.29, 0.717) is 23.7 Å². The normalized spacial score (nSPS) is 53.7. The molecule has 4 saturated carbocycles. The van der Waals surface area contributed by atoms with Gasteiger partial charge in [0.05, 0.1) is 6.10 Å². The van der Waals surface area contributed by atoms with Crippen LogP contribution < -0.4 is 63.3 Å². The van der Waals surface area contributed by atoms with Gasteiger partial charge in [0.2, 0.25) is 0 Å². The van der Waals surface area contributed by atoms with E-state index in [1.54, 1.807) is 0 Å². The Kier molecular flexibility index (Phi) is 7.21. The fourth-order valence-corrected chi connectivity index (χ4v) is 10.8. The summed E-state index contributed by atoms with van der Waals surface area (Å²) >= 11 is 0. The molecule has 0 aliphatic heterocycles. The Balaban J connectivity index is 0.00000274. The van der Waals surface area contributed by atoms with Crippen LogP contribution in [0.1, 0.15) is 106 Å². The zero-order chi connectivity index (χ0) is 24.2. The molecular weight excluding hydrogens is 494 g/mol. The summed E-state index contributed by atoms with van der Waals surface area (Å²) in [5, 5.41) is 23.6. The molecule has 34 heavy (non-hydrogen) atoms. The summed E-state index contributed by atoms with van der Waals surface area (Å²) < 4.78 is 0. The van der Waals surface area contributed by atoms with Crippen LogP contribution in [0.25, 0.3) is 0 Å². The quantitative estimate of drug-likeness (QED) is 0.520. The minimum atomic E-state index is -0.792. The van der Waals surface area contributed by atoms with Crippen molar-refractivity contribution in [2.24, 2.45) is 56.7 Å². The van der Waals surface area contributed by atoms with Crippen molar-refractivity contribution < 1.29 is 73.2 Å². The molecule has 3 nitrogen and oxygen atoms in total. The maximum absolute atomic E-state index is 12.7. The molecule has 10 atom stereocenters. The topological polar surface area (TPSA) is 60.4 Å². The van der Waals surface area contributed by atoms with Gasteiger partial charge in [-0.25, -0.2) is 0 Å². The Morgan fingerprint density at radius 2 is 1.62 bits per heavy atom. The average Bonchev–Trinajstić information content (AvgIpc) is 2.74. The van der Waals surface area contributed by atoms with Gasteiger partial charge in [-0.15, -0.1) is 0 Å². The molecule has 5 aliphatic carbocycles. The van der Waals surface area contributed by atoms with Gasteiger partial charge in [0.1, 0.15) is 0 Å². The average molecular weight is 541 g/mol. The molecule has 0 bridgehead atoms. The van der Waals surface area contributed by atoms with Gasteiger partial charge in [-0.2, -0.15) is 0 Å². The van der Waals surface area contributed by atoms with Crippen molar-refractivity contribution in [2.45, 2.75) is 112 Å². The van der Waals surface area contributed by atoms with Crippen molar-refractivity contribution in [1.29, 1.82) is 0 Å². The van der Waals surface area contributed by atoms with Crippen molar-refractivity contribution in [3.63, 3.8) is 0 Å². The second-order valence-electron chi connectivity index (χ2n) is 14.5. The number of rotatable bonds is 1. The third kappa shape index (κ3) is 3.37. The van der Waals surface area contributed by atoms with Gasteiger partial charge in [0.25, 0.3) is 0 Å². The maximum Gasteiger partial charge on any atom is 1.00 e. The maximum atomic E-state index is 12.7. The molecule has 5 aliphatic rings. The smallest absolute Gasteiger partial charge is 0.550 e. The van der Waals surface area contributed by atoms with Crippen LogP contribution in [0, 0.1) is 56.7 Å². The summed E-state index contributed by atoms with van der Waals surface area (Å²) in [5.74, 6) is 1.42. The number of hydrogen-bond donors (Lipinski definition) is 1. The summed E-state index contributed by atoms with van der Waals surface area (Å²) in [6.45, 7) is 16.8. The number of carbonyl (C=O) groups is 1. The number of aliphatic carboxylic acids is 1. The Morgan fingerprint density at radius 1 is 0.941 bits per heavy atom. The van der Waals surface area contributed by atoms with E-state index in [0.717, 1.165) is 44.9 Å². The molecule has 0 saturated heterocycles. The van der Waals surface area contributed by atoms with E-state index >= 15 is 0 Å². The number of carbonyl (C=O) groups excluding carboxylic acids is 1. The van der Waals surface area contributed by atoms with Gasteiger partial charge in [0.15, 0.2) is 0 Å². The van der Waals surface area contributed by atoms with Crippen LogP contribution in [0.4, 0.5) is 0 Å². The summed E-state index contributed by atoms with van der Waals surface area (Å²) in [7, 11) is 0. The van der Waals surface area contributed by atoms with Crippen LogP contribution >= 0.6 is 0 Å². The Labute approximate surface area is 257 Å². The van der Waals surface area contributed by atoms with Crippen molar-refractivity contribution in [1.82, 2.24) is 0 Å². The Hall–Kier alpha value is 0.975. The zero-order valence-corrected chi connectivity index (χ0v) is 28.1. The van der Waals surface area contributed by atoms with E-state index in [-0.39, 0.29) is 91.9 Å². The Morgan fingerprint density at radius 3 is 2.26 bits per heavy atom. The van der Waals surface area contributed by atoms with Gasteiger partial charge in [0, 0.05) is 11.4 Å². The second kappa shape index (κ2) is 8.75. The minimum Gasteiger partial charge on any atom is -0.550 e. The van der Waals surface area contributed by atoms with Crippen LogP contribution in [0.3, 0.4) is 0 Å². The second-order valence-corrected chi connectivity index (χ2v) is 14.5. The summed E-state index contributed by atoms with van der Waals surface area (Å²) in [6.07, 6.45) is 11.3. The number of aliphatic hydroxyl groups excluding tert-OH is 1. The van der Waals surface area contributed by atoms with Gasteiger partial charge < -0.3 is 15.0 Å². The molecule has 4 fully saturated rings. The number of hydrogen-bond acceptors (Lipinski definition) is 3. The van der Waals surface area contributed by atoms with E-state index in [4.69, 9.17) is 0 Å². The van der Waals surface area contributed by atoms with Crippen LogP contribution in [0.15, 0.2) is 11.6 Å². The fourth-order valence-electron chi connectivity index (χ4n) is 10.8. The molecule has 0 heterocycles. The third-order valence-corrected chi connectivity index (χ3v) is 13.4. The molecule has 186 valence electrons. The van der Waals surface area contributed by atoms with E-state index in [9.17, 15) is 15.0 Å². The molecule has 2 unspecified atom stereocenters. The monoisotopic (exact) mass is 540 g/mol. The van der Waals surface area contributed by atoms with E-state index in [1.807, 2.05) is 0 Å². The number of aliphatic hydroxyl groups is 1. The largest absolute Gasteiger partial charge is 1.00 e. The Bertz CT molecular complexity index is 880. The molecule has 0 spiro atoms. The van der Waals surface area contributed by atoms with Gasteiger partial charge in [-0.1, -0.05) is 60.1 Å². The van der Waals surface area contributed by atoms with E-state index < -0.39 is 11.4 Å². The SMILES string of the molecule is C[C@H]1[C@H](C)CC[C@]2(C(=O)[O-])CC[C@]3(C)C(=CCC4[C@@]5(C)CC[C@H](O)C(C)(C)C5CC[C@]43C)[C@H]12.[Rb+]. The van der Waals surface area contributed by atoms with Crippen LogP contribution in [-0.4, -0.2) is 17.2 Å². The van der Waals surface area contributed by atoms with Crippen molar-refractivity contribution >= 4 is 5.97 Å². The van der Waals surface area contributed by atoms with Crippen LogP contribution in [0.5, 0.6) is 0 Å². The predicted molar refractivity (Wildman–Crippen MR) is 130 cm³/mol. The summed E-state index contributed by atoms with van der Waals surface area (Å²) in [4.78, 5) is 12.7. The number of allylic oxidation sites excluding steroid dienone is 2. The molecule has 1 N–H and O–H groups in total. The first kappa shape index (κ1) is 28.0. The van der Waals surface area contributed by atoms with Crippen LogP contribution in [-0.2, 0) is 4.79 Å². The molecule has 4 heteroatoms. The molecule has 0 aromatic rings. The predicted octanol–water partition coefficient (Wildman–Crippen LogP) is 2.76. The number of carboxylic acid groups (broad SMARTS) is 1. The standard InChI is InChI=1S/C30H48O3.Rb/c1-18-10-15-30(25(32)33)17-16-28(6)20(24(30)19(18)2)8-9-22-27(5)13-12-23(31)26(3,4)21(27)11-14-29(22,28)7;/h8,18-19,21-24,31H,9-17H2,1-7H3,(H,32,33);/q;+1/p-1/t18-,19+,21?,22?,23+,24+,27+,28-,29-,30+;/m1./s1. The first-order valence-electron chi connectivity index (χ1n) is 13.9. The molecule has 0 aromatic carbocycles. The van der Waals surface area contributed by atoms with E-state index in [1.165, 1.54) is 18.4 Å². The third-order valence-electron chi connectivity index (χ3n) is 13.4. The number of carboxylic acids is 1.